The van der Waals surface area contributed by atoms with Crippen LogP contribution in [0.3, 0.4) is 0 Å². The van der Waals surface area contributed by atoms with E-state index in [0.717, 1.165) is 5.56 Å². The number of likely N-dealkylation sites (tertiary alicyclic amines) is 1. The molecule has 1 aliphatic rings. The van der Waals surface area contributed by atoms with Crippen LogP contribution >= 0.6 is 0 Å². The third-order valence-electron chi connectivity index (χ3n) is 4.99. The van der Waals surface area contributed by atoms with E-state index in [4.69, 9.17) is 0 Å². The fourth-order valence-electron chi connectivity index (χ4n) is 3.59. The minimum atomic E-state index is -4.61. The van der Waals surface area contributed by atoms with Crippen LogP contribution in [0.5, 0.6) is 0 Å². The maximum absolute atomic E-state index is 13.8. The number of pyridine rings is 1. The van der Waals surface area contributed by atoms with E-state index < -0.39 is 29.4 Å². The number of fused-ring (bicyclic) bond motifs is 1. The Bertz CT molecular complexity index is 880. The van der Waals surface area contributed by atoms with Crippen LogP contribution in [-0.2, 0) is 19.6 Å². The lowest BCUT2D eigenvalue weighted by atomic mass is 9.93. The molecule has 0 aliphatic carbocycles. The maximum atomic E-state index is 13.8. The molecule has 0 N–H and O–H groups in total. The molecule has 0 amide bonds. The van der Waals surface area contributed by atoms with Gasteiger partial charge in [-0.3, -0.25) is 9.69 Å². The van der Waals surface area contributed by atoms with Crippen LogP contribution in [0.1, 0.15) is 36.5 Å². The molecule has 0 bridgehead atoms. The molecular weight excluding hydrogens is 348 g/mol. The van der Waals surface area contributed by atoms with Crippen molar-refractivity contribution in [2.75, 3.05) is 19.6 Å². The van der Waals surface area contributed by atoms with Crippen molar-refractivity contribution in [3.05, 3.63) is 45.2 Å². The van der Waals surface area contributed by atoms with Gasteiger partial charge in [-0.1, -0.05) is 19.9 Å². The highest BCUT2D eigenvalue weighted by molar-refractivity contribution is 5.85. The van der Waals surface area contributed by atoms with Crippen LogP contribution in [0.25, 0.3) is 10.9 Å². The van der Waals surface area contributed by atoms with Gasteiger partial charge in [0.1, 0.15) is 6.17 Å². The van der Waals surface area contributed by atoms with E-state index in [-0.39, 0.29) is 16.5 Å². The summed E-state index contributed by atoms with van der Waals surface area (Å²) in [5.74, 6) is -0.541. The van der Waals surface area contributed by atoms with Crippen molar-refractivity contribution < 1.29 is 17.6 Å². The van der Waals surface area contributed by atoms with Crippen molar-refractivity contribution >= 4 is 10.9 Å². The molecule has 1 aromatic carbocycles. The zero-order valence-corrected chi connectivity index (χ0v) is 15.0. The summed E-state index contributed by atoms with van der Waals surface area (Å²) in [5, 5.41) is 0.0489. The molecule has 3 rings (SSSR count). The third-order valence-corrected chi connectivity index (χ3v) is 4.99. The second kappa shape index (κ2) is 6.68. The molecule has 2 heterocycles. The molecule has 1 saturated heterocycles. The number of benzene rings is 1. The average Bonchev–Trinajstić information content (AvgIpc) is 2.51. The Morgan fingerprint density at radius 1 is 1.23 bits per heavy atom. The van der Waals surface area contributed by atoms with Gasteiger partial charge < -0.3 is 4.57 Å². The number of hydrogen-bond donors (Lipinski definition) is 0. The predicted octanol–water partition coefficient (Wildman–Crippen LogP) is 3.88. The number of nitrogens with zero attached hydrogens (tertiary/aromatic N) is 2. The number of halogens is 4. The summed E-state index contributed by atoms with van der Waals surface area (Å²) < 4.78 is 55.6. The van der Waals surface area contributed by atoms with Gasteiger partial charge in [-0.2, -0.15) is 13.2 Å². The zero-order chi connectivity index (χ0) is 19.2. The van der Waals surface area contributed by atoms with Crippen molar-refractivity contribution in [1.29, 1.82) is 0 Å². The van der Waals surface area contributed by atoms with Gasteiger partial charge in [-0.15, -0.1) is 0 Å². The minimum absolute atomic E-state index is 0.0489. The topological polar surface area (TPSA) is 25.2 Å². The van der Waals surface area contributed by atoms with Crippen molar-refractivity contribution in [3.8, 4) is 0 Å². The van der Waals surface area contributed by atoms with E-state index in [1.807, 2.05) is 4.90 Å². The quantitative estimate of drug-likeness (QED) is 0.764. The summed E-state index contributed by atoms with van der Waals surface area (Å²) in [6.45, 7) is 4.56. The molecule has 1 aromatic heterocycles. The number of rotatable bonds is 4. The fraction of sp³-hybridized carbons (Fsp3) is 0.526. The van der Waals surface area contributed by atoms with Crippen LogP contribution in [0.15, 0.2) is 23.0 Å². The molecule has 2 aromatic rings. The Hall–Kier alpha value is -1.89. The van der Waals surface area contributed by atoms with Gasteiger partial charge in [-0.05, 0) is 30.0 Å². The lowest BCUT2D eigenvalue weighted by Crippen LogP contribution is -2.48. The molecular formula is C19H22F4N2O. The van der Waals surface area contributed by atoms with Gasteiger partial charge in [0.2, 0.25) is 0 Å². The first-order valence-corrected chi connectivity index (χ1v) is 8.68. The summed E-state index contributed by atoms with van der Waals surface area (Å²) in [5.41, 5.74) is -0.628. The van der Waals surface area contributed by atoms with E-state index in [9.17, 15) is 22.4 Å². The molecule has 1 fully saturated rings. The van der Waals surface area contributed by atoms with Crippen molar-refractivity contribution in [3.63, 3.8) is 0 Å². The Morgan fingerprint density at radius 3 is 2.42 bits per heavy atom. The van der Waals surface area contributed by atoms with Crippen molar-refractivity contribution in [2.45, 2.75) is 38.5 Å². The van der Waals surface area contributed by atoms with Gasteiger partial charge in [0, 0.05) is 37.6 Å². The van der Waals surface area contributed by atoms with Gasteiger partial charge in [-0.25, -0.2) is 4.39 Å². The van der Waals surface area contributed by atoms with Gasteiger partial charge in [0.25, 0.3) is 5.56 Å². The number of hydrogen-bond acceptors (Lipinski definition) is 2. The average molecular weight is 370 g/mol. The Labute approximate surface area is 149 Å². The number of aromatic nitrogens is 1. The highest BCUT2D eigenvalue weighted by atomic mass is 19.4. The zero-order valence-electron chi connectivity index (χ0n) is 15.0. The van der Waals surface area contributed by atoms with Gasteiger partial charge >= 0.3 is 6.18 Å². The normalized spacial score (nSPS) is 16.5. The molecule has 1 aliphatic heterocycles. The molecule has 0 atom stereocenters. The summed E-state index contributed by atoms with van der Waals surface area (Å²) in [4.78, 5) is 14.4. The van der Waals surface area contributed by atoms with E-state index in [0.29, 0.717) is 26.1 Å². The Balaban J connectivity index is 2.11. The summed E-state index contributed by atoms with van der Waals surface area (Å²) in [6, 6.07) is 4.83. The minimum Gasteiger partial charge on any atom is -0.311 e. The first-order chi connectivity index (χ1) is 12.1. The smallest absolute Gasteiger partial charge is 0.311 e. The van der Waals surface area contributed by atoms with E-state index in [1.165, 1.54) is 17.7 Å². The first kappa shape index (κ1) is 18.9. The summed E-state index contributed by atoms with van der Waals surface area (Å²) in [7, 11) is 1.50. The van der Waals surface area contributed by atoms with Gasteiger partial charge in [0.05, 0.1) is 11.1 Å². The van der Waals surface area contributed by atoms with E-state index in [2.05, 4.69) is 0 Å². The number of alkyl halides is 4. The lowest BCUT2D eigenvalue weighted by Gasteiger charge is -2.34. The lowest BCUT2D eigenvalue weighted by molar-refractivity contribution is -0.137. The molecule has 7 heteroatoms. The van der Waals surface area contributed by atoms with E-state index >= 15 is 0 Å². The van der Waals surface area contributed by atoms with Crippen LogP contribution < -0.4 is 5.56 Å². The largest absolute Gasteiger partial charge is 0.417 e. The van der Waals surface area contributed by atoms with Gasteiger partial charge in [0.15, 0.2) is 0 Å². The second-order valence-electron chi connectivity index (χ2n) is 7.26. The Kier molecular flexibility index (Phi) is 4.86. The molecule has 0 radical (unpaired) electrons. The highest BCUT2D eigenvalue weighted by Gasteiger charge is 2.38. The summed E-state index contributed by atoms with van der Waals surface area (Å²) >= 11 is 0. The standard InChI is InChI=1S/C19H22F4N2O/c1-11(2)16-17(19(21,22)23)14-8-12(6-7-25-9-13(20)10-25)4-5-15(14)24(3)18(16)26/h4-5,8,11,13H,6-7,9-10H2,1-3H3. The van der Waals surface area contributed by atoms with E-state index in [1.54, 1.807) is 26.0 Å². The molecule has 0 saturated carbocycles. The SMILES string of the molecule is CC(C)c1c(C(F)(F)F)c2cc(CCN3CC(F)C3)ccc2n(C)c1=O. The molecule has 26 heavy (non-hydrogen) atoms. The monoisotopic (exact) mass is 370 g/mol. The van der Waals surface area contributed by atoms with Crippen LogP contribution in [0, 0.1) is 0 Å². The second-order valence-corrected chi connectivity index (χ2v) is 7.26. The molecule has 0 unspecified atom stereocenters. The third kappa shape index (κ3) is 3.37. The first-order valence-electron chi connectivity index (χ1n) is 8.68. The molecule has 3 nitrogen and oxygen atoms in total. The predicted molar refractivity (Wildman–Crippen MR) is 93.3 cm³/mol. The highest BCUT2D eigenvalue weighted by Crippen LogP contribution is 2.38. The van der Waals surface area contributed by atoms with Crippen LogP contribution in [0.4, 0.5) is 17.6 Å². The fourth-order valence-corrected chi connectivity index (χ4v) is 3.59. The van der Waals surface area contributed by atoms with Crippen molar-refractivity contribution in [2.24, 2.45) is 7.05 Å². The number of aryl methyl sites for hydroxylation is 1. The summed E-state index contributed by atoms with van der Waals surface area (Å²) in [6.07, 6.45) is -4.87. The van der Waals surface area contributed by atoms with Crippen LogP contribution in [-0.4, -0.2) is 35.3 Å². The van der Waals surface area contributed by atoms with Crippen LogP contribution in [0.2, 0.25) is 0 Å². The maximum Gasteiger partial charge on any atom is 0.417 e. The Morgan fingerprint density at radius 2 is 1.88 bits per heavy atom. The molecule has 142 valence electrons. The van der Waals surface area contributed by atoms with Crippen molar-refractivity contribution in [1.82, 2.24) is 9.47 Å². The molecule has 0 spiro atoms.